The van der Waals surface area contributed by atoms with Crippen LogP contribution in [0.4, 0.5) is 0 Å². The summed E-state index contributed by atoms with van der Waals surface area (Å²) in [5.41, 5.74) is 3.54. The molecule has 4 heteroatoms. The van der Waals surface area contributed by atoms with Crippen molar-refractivity contribution in [2.75, 3.05) is 20.7 Å². The zero-order chi connectivity index (χ0) is 16.9. The second-order valence-corrected chi connectivity index (χ2v) is 6.18. The van der Waals surface area contributed by atoms with Crippen LogP contribution in [0.2, 0.25) is 0 Å². The van der Waals surface area contributed by atoms with Crippen LogP contribution in [0, 0.1) is 0 Å². The molecule has 1 amide bonds. The van der Waals surface area contributed by atoms with Gasteiger partial charge in [-0.15, -0.1) is 0 Å². The fraction of sp³-hybridized carbons (Fsp3) is 0.350. The number of ether oxygens (including phenoxy) is 1. The normalized spacial score (nSPS) is 17.7. The quantitative estimate of drug-likeness (QED) is 0.919. The molecule has 1 heterocycles. The molecular formula is C20H24N2O2. The topological polar surface area (TPSA) is 41.6 Å². The van der Waals surface area contributed by atoms with Gasteiger partial charge in [-0.2, -0.15) is 0 Å². The van der Waals surface area contributed by atoms with Gasteiger partial charge in [-0.1, -0.05) is 30.3 Å². The highest BCUT2D eigenvalue weighted by Crippen LogP contribution is 2.26. The van der Waals surface area contributed by atoms with Gasteiger partial charge >= 0.3 is 0 Å². The Hall–Kier alpha value is -2.33. The number of carbonyl (C=O) groups is 1. The largest absolute Gasteiger partial charge is 0.497 e. The summed E-state index contributed by atoms with van der Waals surface area (Å²) in [7, 11) is 3.39. The molecule has 1 atom stereocenters. The van der Waals surface area contributed by atoms with E-state index in [1.54, 1.807) is 14.2 Å². The number of likely N-dealkylation sites (N-methyl/N-ethyl adjacent to an activating group) is 1. The number of carbonyl (C=O) groups excluding carboxylic acids is 1. The smallest absolute Gasteiger partial charge is 0.237 e. The number of methoxy groups -OCH3 is 1. The van der Waals surface area contributed by atoms with Gasteiger partial charge in [0, 0.05) is 13.6 Å². The molecule has 1 fully saturated rings. The predicted molar refractivity (Wildman–Crippen MR) is 95.9 cm³/mol. The van der Waals surface area contributed by atoms with Crippen molar-refractivity contribution in [3.8, 4) is 16.9 Å². The monoisotopic (exact) mass is 324 g/mol. The lowest BCUT2D eigenvalue weighted by atomic mass is 10.0. The lowest BCUT2D eigenvalue weighted by Gasteiger charge is -2.23. The van der Waals surface area contributed by atoms with E-state index in [2.05, 4.69) is 40.5 Å². The fourth-order valence-electron chi connectivity index (χ4n) is 3.37. The van der Waals surface area contributed by atoms with Crippen molar-refractivity contribution in [3.63, 3.8) is 0 Å². The average molecular weight is 324 g/mol. The highest BCUT2D eigenvalue weighted by molar-refractivity contribution is 5.81. The maximum Gasteiger partial charge on any atom is 0.237 e. The molecule has 0 spiro atoms. The molecule has 0 aliphatic carbocycles. The first-order valence-corrected chi connectivity index (χ1v) is 8.40. The molecule has 0 radical (unpaired) electrons. The molecule has 126 valence electrons. The molecule has 2 aromatic rings. The van der Waals surface area contributed by atoms with Crippen LogP contribution in [0.15, 0.2) is 48.5 Å². The number of hydrogen-bond donors (Lipinski definition) is 1. The Balaban J connectivity index is 1.79. The van der Waals surface area contributed by atoms with Gasteiger partial charge in [0.05, 0.1) is 13.2 Å². The summed E-state index contributed by atoms with van der Waals surface area (Å²) in [5, 5.41) is 2.78. The van der Waals surface area contributed by atoms with E-state index in [9.17, 15) is 4.79 Å². The van der Waals surface area contributed by atoms with Crippen LogP contribution in [-0.2, 0) is 11.3 Å². The summed E-state index contributed by atoms with van der Waals surface area (Å²) < 4.78 is 5.31. The molecule has 1 saturated heterocycles. The van der Waals surface area contributed by atoms with Gasteiger partial charge in [-0.05, 0) is 54.3 Å². The van der Waals surface area contributed by atoms with E-state index < -0.39 is 0 Å². The number of hydrogen-bond acceptors (Lipinski definition) is 3. The summed E-state index contributed by atoms with van der Waals surface area (Å²) in [6, 6.07) is 16.6. The van der Waals surface area contributed by atoms with Crippen LogP contribution in [-0.4, -0.2) is 37.6 Å². The first-order chi connectivity index (χ1) is 11.7. The third-order valence-electron chi connectivity index (χ3n) is 4.63. The minimum atomic E-state index is -0.00419. The van der Waals surface area contributed by atoms with E-state index in [1.807, 2.05) is 18.2 Å². The molecule has 4 nitrogen and oxygen atoms in total. The van der Waals surface area contributed by atoms with Crippen molar-refractivity contribution >= 4 is 5.91 Å². The average Bonchev–Trinajstić information content (AvgIpc) is 3.09. The minimum Gasteiger partial charge on any atom is -0.497 e. The lowest BCUT2D eigenvalue weighted by Crippen LogP contribution is -2.41. The number of benzene rings is 2. The molecule has 1 N–H and O–H groups in total. The number of amides is 1. The first kappa shape index (κ1) is 16.5. The molecule has 1 aliphatic heterocycles. The first-order valence-electron chi connectivity index (χ1n) is 8.40. The molecule has 2 aromatic carbocycles. The molecule has 1 aliphatic rings. The molecular weight excluding hydrogens is 300 g/mol. The van der Waals surface area contributed by atoms with Crippen LogP contribution in [0.5, 0.6) is 5.75 Å². The Morgan fingerprint density at radius 1 is 1.21 bits per heavy atom. The number of likely N-dealkylation sites (tertiary alicyclic amines) is 1. The standard InChI is InChI=1S/C20H24N2O2/c1-21-20(23)19-10-5-11-22(19)14-15-6-3-7-16(12-15)17-8-4-9-18(13-17)24-2/h3-4,6-9,12-13,19H,5,10-11,14H2,1-2H3,(H,21,23). The van der Waals surface area contributed by atoms with E-state index in [4.69, 9.17) is 4.74 Å². The van der Waals surface area contributed by atoms with Crippen LogP contribution < -0.4 is 10.1 Å². The summed E-state index contributed by atoms with van der Waals surface area (Å²) in [6.07, 6.45) is 2.02. The zero-order valence-corrected chi connectivity index (χ0v) is 14.3. The maximum atomic E-state index is 12.0. The van der Waals surface area contributed by atoms with Crippen molar-refractivity contribution in [1.29, 1.82) is 0 Å². The molecule has 0 bridgehead atoms. The van der Waals surface area contributed by atoms with Gasteiger partial charge in [0.15, 0.2) is 0 Å². The Bertz CT molecular complexity index is 714. The fourth-order valence-corrected chi connectivity index (χ4v) is 3.37. The third-order valence-corrected chi connectivity index (χ3v) is 4.63. The maximum absolute atomic E-state index is 12.0. The van der Waals surface area contributed by atoms with E-state index in [0.717, 1.165) is 37.2 Å². The molecule has 0 saturated carbocycles. The van der Waals surface area contributed by atoms with Crippen molar-refractivity contribution in [1.82, 2.24) is 10.2 Å². The lowest BCUT2D eigenvalue weighted by molar-refractivity contribution is -0.125. The van der Waals surface area contributed by atoms with Crippen molar-refractivity contribution in [2.24, 2.45) is 0 Å². The van der Waals surface area contributed by atoms with Gasteiger partial charge < -0.3 is 10.1 Å². The summed E-state index contributed by atoms with van der Waals surface area (Å²) in [4.78, 5) is 14.3. The van der Waals surface area contributed by atoms with E-state index in [1.165, 1.54) is 11.1 Å². The van der Waals surface area contributed by atoms with Crippen molar-refractivity contribution < 1.29 is 9.53 Å². The van der Waals surface area contributed by atoms with E-state index >= 15 is 0 Å². The minimum absolute atomic E-state index is 0.00419. The Kier molecular flexibility index (Phi) is 5.16. The Morgan fingerprint density at radius 3 is 2.71 bits per heavy atom. The molecule has 3 rings (SSSR count). The predicted octanol–water partition coefficient (Wildman–Crippen LogP) is 3.07. The Morgan fingerprint density at radius 2 is 1.96 bits per heavy atom. The summed E-state index contributed by atoms with van der Waals surface area (Å²) in [6.45, 7) is 1.78. The van der Waals surface area contributed by atoms with Gasteiger partial charge in [0.1, 0.15) is 5.75 Å². The van der Waals surface area contributed by atoms with Crippen molar-refractivity contribution in [2.45, 2.75) is 25.4 Å². The zero-order valence-electron chi connectivity index (χ0n) is 14.3. The highest BCUT2D eigenvalue weighted by atomic mass is 16.5. The van der Waals surface area contributed by atoms with Crippen LogP contribution in [0.3, 0.4) is 0 Å². The number of nitrogens with one attached hydrogen (secondary N) is 1. The number of rotatable bonds is 5. The Labute approximate surface area is 143 Å². The second kappa shape index (κ2) is 7.49. The van der Waals surface area contributed by atoms with Gasteiger partial charge in [0.25, 0.3) is 0 Å². The van der Waals surface area contributed by atoms with Gasteiger partial charge in [0.2, 0.25) is 5.91 Å². The van der Waals surface area contributed by atoms with Crippen LogP contribution >= 0.6 is 0 Å². The van der Waals surface area contributed by atoms with Crippen LogP contribution in [0.25, 0.3) is 11.1 Å². The van der Waals surface area contributed by atoms with Gasteiger partial charge in [-0.3, -0.25) is 9.69 Å². The highest BCUT2D eigenvalue weighted by Gasteiger charge is 2.29. The second-order valence-electron chi connectivity index (χ2n) is 6.18. The van der Waals surface area contributed by atoms with Crippen LogP contribution in [0.1, 0.15) is 18.4 Å². The SMILES string of the molecule is CNC(=O)C1CCCN1Cc1cccc(-c2cccc(OC)c2)c1. The van der Waals surface area contributed by atoms with E-state index in [0.29, 0.717) is 0 Å². The molecule has 1 unspecified atom stereocenters. The third kappa shape index (κ3) is 3.60. The number of nitrogens with zero attached hydrogens (tertiary/aromatic N) is 1. The van der Waals surface area contributed by atoms with Gasteiger partial charge in [-0.25, -0.2) is 0 Å². The molecule has 0 aromatic heterocycles. The molecule has 24 heavy (non-hydrogen) atoms. The van der Waals surface area contributed by atoms with Crippen molar-refractivity contribution in [3.05, 3.63) is 54.1 Å². The summed E-state index contributed by atoms with van der Waals surface area (Å²) in [5.74, 6) is 0.980. The summed E-state index contributed by atoms with van der Waals surface area (Å²) >= 11 is 0. The van der Waals surface area contributed by atoms with E-state index in [-0.39, 0.29) is 11.9 Å².